The van der Waals surface area contributed by atoms with Crippen molar-refractivity contribution in [2.45, 2.75) is 57.7 Å². The van der Waals surface area contributed by atoms with Crippen molar-refractivity contribution >= 4 is 22.9 Å². The Morgan fingerprint density at radius 1 is 1.06 bits per heavy atom. The first-order valence-corrected chi connectivity index (χ1v) is 11.6. The van der Waals surface area contributed by atoms with Gasteiger partial charge in [-0.05, 0) is 37.5 Å². The van der Waals surface area contributed by atoms with Gasteiger partial charge in [-0.25, -0.2) is 4.98 Å². The lowest BCUT2D eigenvalue weighted by Gasteiger charge is -2.16. The van der Waals surface area contributed by atoms with E-state index in [4.69, 9.17) is 16.5 Å². The van der Waals surface area contributed by atoms with Gasteiger partial charge in [0.15, 0.2) is 17.0 Å². The number of imidazole rings is 1. The third kappa shape index (κ3) is 4.52. The Balaban J connectivity index is 1.43. The third-order valence-electron chi connectivity index (χ3n) is 6.20. The first-order valence-electron chi connectivity index (χ1n) is 11.6. The van der Waals surface area contributed by atoms with Crippen LogP contribution in [0, 0.1) is 0 Å². The van der Waals surface area contributed by atoms with E-state index in [1.807, 2.05) is 25.1 Å². The highest BCUT2D eigenvalue weighted by atomic mass is 15.2. The standard InChI is InChI=1S/C25H30N8/c1-16(26)14-21-30-22-23(31-25(27)32-24(22)33(21)19-6-2-3-7-19)29-15-17-9-11-18(12-10-17)20-8-4-5-13-28-20/h4-5,8-13,16,19H,2-3,6-7,14-15,26H2,1H3,(H3,27,29,31,32). The average Bonchev–Trinajstić information content (AvgIpc) is 3.45. The summed E-state index contributed by atoms with van der Waals surface area (Å²) >= 11 is 0. The monoisotopic (exact) mass is 442 g/mol. The highest BCUT2D eigenvalue weighted by Crippen LogP contribution is 2.35. The summed E-state index contributed by atoms with van der Waals surface area (Å²) in [5.74, 6) is 1.88. The molecule has 8 nitrogen and oxygen atoms in total. The van der Waals surface area contributed by atoms with Crippen molar-refractivity contribution in [2.75, 3.05) is 11.1 Å². The molecule has 1 unspecified atom stereocenters. The van der Waals surface area contributed by atoms with Crippen LogP contribution in [-0.4, -0.2) is 30.5 Å². The number of nitrogen functional groups attached to an aromatic ring is 1. The van der Waals surface area contributed by atoms with Crippen LogP contribution in [0.25, 0.3) is 22.4 Å². The lowest BCUT2D eigenvalue weighted by molar-refractivity contribution is 0.499. The molecule has 0 radical (unpaired) electrons. The van der Waals surface area contributed by atoms with Crippen molar-refractivity contribution in [1.82, 2.24) is 24.5 Å². The predicted molar refractivity (Wildman–Crippen MR) is 132 cm³/mol. The summed E-state index contributed by atoms with van der Waals surface area (Å²) in [6.07, 6.45) is 7.21. The van der Waals surface area contributed by atoms with Crippen LogP contribution in [0.5, 0.6) is 0 Å². The lowest BCUT2D eigenvalue weighted by Crippen LogP contribution is -2.21. The van der Waals surface area contributed by atoms with Crippen molar-refractivity contribution in [3.8, 4) is 11.3 Å². The van der Waals surface area contributed by atoms with Crippen molar-refractivity contribution in [3.63, 3.8) is 0 Å². The molecule has 1 saturated carbocycles. The molecule has 1 aliphatic rings. The molecule has 0 aliphatic heterocycles. The van der Waals surface area contributed by atoms with Crippen LogP contribution < -0.4 is 16.8 Å². The number of nitrogens with one attached hydrogen (secondary N) is 1. The number of anilines is 2. The quantitative estimate of drug-likeness (QED) is 0.394. The number of hydrogen-bond donors (Lipinski definition) is 3. The van der Waals surface area contributed by atoms with Gasteiger partial charge in [0, 0.05) is 36.8 Å². The molecule has 3 aromatic heterocycles. The van der Waals surface area contributed by atoms with Gasteiger partial charge in [0.1, 0.15) is 5.82 Å². The molecule has 4 aromatic rings. The summed E-state index contributed by atoms with van der Waals surface area (Å²) in [4.78, 5) is 18.4. The van der Waals surface area contributed by atoms with E-state index in [1.54, 1.807) is 6.20 Å². The number of hydrogen-bond acceptors (Lipinski definition) is 7. The summed E-state index contributed by atoms with van der Waals surface area (Å²) in [5, 5.41) is 3.43. The first-order chi connectivity index (χ1) is 16.1. The van der Waals surface area contributed by atoms with E-state index >= 15 is 0 Å². The minimum atomic E-state index is 0.0151. The van der Waals surface area contributed by atoms with Gasteiger partial charge >= 0.3 is 0 Å². The SMILES string of the molecule is CC(N)Cc1nc2c(NCc3ccc(-c4ccccn4)cc3)nc(N)nc2n1C1CCCC1. The topological polar surface area (TPSA) is 121 Å². The second-order valence-corrected chi connectivity index (χ2v) is 8.89. The summed E-state index contributed by atoms with van der Waals surface area (Å²) in [7, 11) is 0. The van der Waals surface area contributed by atoms with Crippen molar-refractivity contribution in [2.24, 2.45) is 5.73 Å². The molecule has 1 aromatic carbocycles. The predicted octanol–water partition coefficient (Wildman–Crippen LogP) is 4.09. The number of nitrogens with zero attached hydrogens (tertiary/aromatic N) is 5. The third-order valence-corrected chi connectivity index (χ3v) is 6.20. The van der Waals surface area contributed by atoms with E-state index in [-0.39, 0.29) is 12.0 Å². The van der Waals surface area contributed by atoms with E-state index in [0.717, 1.165) is 46.7 Å². The van der Waals surface area contributed by atoms with E-state index in [9.17, 15) is 0 Å². The Morgan fingerprint density at radius 2 is 1.85 bits per heavy atom. The van der Waals surface area contributed by atoms with Crippen LogP contribution in [0.4, 0.5) is 11.8 Å². The molecular formula is C25H30N8. The average molecular weight is 443 g/mol. The van der Waals surface area contributed by atoms with Gasteiger partial charge in [0.25, 0.3) is 0 Å². The summed E-state index contributed by atoms with van der Waals surface area (Å²) in [6.45, 7) is 2.61. The Bertz CT molecular complexity index is 1220. The van der Waals surface area contributed by atoms with Crippen molar-refractivity contribution in [1.29, 1.82) is 0 Å². The zero-order chi connectivity index (χ0) is 22.8. The minimum Gasteiger partial charge on any atom is -0.368 e. The molecule has 3 heterocycles. The molecule has 8 heteroatoms. The Morgan fingerprint density at radius 3 is 2.55 bits per heavy atom. The van der Waals surface area contributed by atoms with Crippen LogP contribution >= 0.6 is 0 Å². The van der Waals surface area contributed by atoms with E-state index < -0.39 is 0 Å². The molecule has 5 rings (SSSR count). The van der Waals surface area contributed by atoms with E-state index in [0.29, 0.717) is 24.8 Å². The molecule has 5 N–H and O–H groups in total. The summed E-state index contributed by atoms with van der Waals surface area (Å²) in [6, 6.07) is 14.7. The summed E-state index contributed by atoms with van der Waals surface area (Å²) < 4.78 is 2.26. The van der Waals surface area contributed by atoms with E-state index in [1.165, 1.54) is 12.8 Å². The molecule has 0 spiro atoms. The molecule has 1 fully saturated rings. The van der Waals surface area contributed by atoms with Gasteiger partial charge < -0.3 is 21.4 Å². The number of benzene rings is 1. The van der Waals surface area contributed by atoms with Crippen molar-refractivity contribution < 1.29 is 0 Å². The molecule has 1 aliphatic carbocycles. The molecule has 0 bridgehead atoms. The fourth-order valence-corrected chi connectivity index (χ4v) is 4.65. The highest BCUT2D eigenvalue weighted by Gasteiger charge is 2.25. The number of aromatic nitrogens is 5. The maximum Gasteiger partial charge on any atom is 0.224 e. The van der Waals surface area contributed by atoms with Crippen LogP contribution in [0.15, 0.2) is 48.7 Å². The Labute approximate surface area is 193 Å². The number of pyridine rings is 1. The van der Waals surface area contributed by atoms with E-state index in [2.05, 4.69) is 49.1 Å². The van der Waals surface area contributed by atoms with Crippen LogP contribution in [-0.2, 0) is 13.0 Å². The number of rotatable bonds is 7. The molecule has 0 saturated heterocycles. The lowest BCUT2D eigenvalue weighted by atomic mass is 10.1. The molecule has 170 valence electrons. The Hall–Kier alpha value is -3.52. The molecule has 33 heavy (non-hydrogen) atoms. The maximum atomic E-state index is 6.14. The summed E-state index contributed by atoms with van der Waals surface area (Å²) in [5.41, 5.74) is 17.0. The molecule has 1 atom stereocenters. The zero-order valence-corrected chi connectivity index (χ0v) is 18.9. The minimum absolute atomic E-state index is 0.0151. The van der Waals surface area contributed by atoms with Gasteiger partial charge in [0.2, 0.25) is 5.95 Å². The van der Waals surface area contributed by atoms with Gasteiger partial charge in [-0.15, -0.1) is 0 Å². The fourth-order valence-electron chi connectivity index (χ4n) is 4.65. The Kier molecular flexibility index (Phi) is 5.92. The van der Waals surface area contributed by atoms with Crippen LogP contribution in [0.2, 0.25) is 0 Å². The second kappa shape index (κ2) is 9.15. The van der Waals surface area contributed by atoms with Crippen molar-refractivity contribution in [3.05, 3.63) is 60.0 Å². The first kappa shape index (κ1) is 21.3. The number of fused-ring (bicyclic) bond motifs is 1. The second-order valence-electron chi connectivity index (χ2n) is 8.89. The van der Waals surface area contributed by atoms with Gasteiger partial charge in [-0.1, -0.05) is 43.2 Å². The van der Waals surface area contributed by atoms with Gasteiger partial charge in [-0.3, -0.25) is 4.98 Å². The normalized spacial score (nSPS) is 15.2. The molecular weight excluding hydrogens is 412 g/mol. The highest BCUT2D eigenvalue weighted by molar-refractivity contribution is 5.85. The largest absolute Gasteiger partial charge is 0.368 e. The smallest absolute Gasteiger partial charge is 0.224 e. The van der Waals surface area contributed by atoms with Crippen LogP contribution in [0.1, 0.15) is 50.0 Å². The fraction of sp³-hybridized carbons (Fsp3) is 0.360. The van der Waals surface area contributed by atoms with Crippen LogP contribution in [0.3, 0.4) is 0 Å². The maximum absolute atomic E-state index is 6.14. The van der Waals surface area contributed by atoms with Gasteiger partial charge in [0.05, 0.1) is 5.69 Å². The molecule has 0 amide bonds. The van der Waals surface area contributed by atoms with Gasteiger partial charge in [-0.2, -0.15) is 9.97 Å². The zero-order valence-electron chi connectivity index (χ0n) is 18.9. The number of nitrogens with two attached hydrogens (primary N) is 2.